The lowest BCUT2D eigenvalue weighted by molar-refractivity contribution is -0.114. The van der Waals surface area contributed by atoms with E-state index in [1.807, 2.05) is 29.5 Å². The number of rotatable bonds is 4. The third-order valence-corrected chi connectivity index (χ3v) is 5.99. The van der Waals surface area contributed by atoms with Crippen LogP contribution in [0.4, 0.5) is 0 Å². The highest BCUT2D eigenvalue weighted by Crippen LogP contribution is 2.42. The van der Waals surface area contributed by atoms with Gasteiger partial charge in [0, 0.05) is 11.6 Å². The van der Waals surface area contributed by atoms with E-state index >= 15 is 0 Å². The fourth-order valence-corrected chi connectivity index (χ4v) is 4.72. The smallest absolute Gasteiger partial charge is 0.186 e. The average Bonchev–Trinajstić information content (AvgIpc) is 3.13. The topological polar surface area (TPSA) is 83.3 Å². The van der Waals surface area contributed by atoms with E-state index in [0.717, 1.165) is 17.3 Å². The molecule has 124 valence electrons. The summed E-state index contributed by atoms with van der Waals surface area (Å²) in [6, 6.07) is 3.47. The first-order chi connectivity index (χ1) is 11.5. The Kier molecular flexibility index (Phi) is 5.26. The summed E-state index contributed by atoms with van der Waals surface area (Å²) >= 11 is 4.56. The summed E-state index contributed by atoms with van der Waals surface area (Å²) in [5.74, 6) is -0.221. The number of allylic oxidation sites excluding steroid dienone is 1. The third-order valence-electron chi connectivity index (χ3n) is 3.33. The number of ketones is 1. The molecule has 1 aromatic carbocycles. The van der Waals surface area contributed by atoms with Gasteiger partial charge in [0.25, 0.3) is 0 Å². The molecule has 0 spiro atoms. The van der Waals surface area contributed by atoms with E-state index in [4.69, 9.17) is 10.1 Å². The zero-order valence-electron chi connectivity index (χ0n) is 12.6. The van der Waals surface area contributed by atoms with Crippen LogP contribution in [0.2, 0.25) is 0 Å². The van der Waals surface area contributed by atoms with Crippen molar-refractivity contribution in [1.29, 1.82) is 5.41 Å². The molecule has 24 heavy (non-hydrogen) atoms. The Morgan fingerprint density at radius 1 is 1.50 bits per heavy atom. The lowest BCUT2D eigenvalue weighted by Crippen LogP contribution is -2.11. The van der Waals surface area contributed by atoms with E-state index in [9.17, 15) is 9.90 Å². The summed E-state index contributed by atoms with van der Waals surface area (Å²) in [4.78, 5) is 17.3. The van der Waals surface area contributed by atoms with Gasteiger partial charge in [0.2, 0.25) is 0 Å². The third kappa shape index (κ3) is 3.35. The minimum atomic E-state index is -0.594. The quantitative estimate of drug-likeness (QED) is 0.513. The number of nitrogens with one attached hydrogen (secondary N) is 1. The molecular weight excluding hydrogens is 459 g/mol. The standard InChI is InChI=1S/C16H13IN2O3S2/c1-2-22-10-6-8(5-9(17)13(10)20)7-11-14(21)12(15(18)24-11)16-19-3-4-23-16/h3-7,12,18,20H,2H2,1H3/b11-7-,18-15?/t12-/m0/s1. The van der Waals surface area contributed by atoms with Crippen molar-refractivity contribution in [3.63, 3.8) is 0 Å². The molecule has 8 heteroatoms. The molecular formula is C16H13IN2O3S2. The maximum absolute atomic E-state index is 12.6. The van der Waals surface area contributed by atoms with Crippen molar-refractivity contribution in [2.24, 2.45) is 0 Å². The van der Waals surface area contributed by atoms with Crippen LogP contribution in [0.25, 0.3) is 6.08 Å². The van der Waals surface area contributed by atoms with Gasteiger partial charge in [-0.15, -0.1) is 11.3 Å². The second-order valence-corrected chi connectivity index (χ2v) is 8.10. The van der Waals surface area contributed by atoms with Crippen LogP contribution in [0.5, 0.6) is 11.5 Å². The van der Waals surface area contributed by atoms with Crippen LogP contribution in [-0.4, -0.2) is 27.5 Å². The van der Waals surface area contributed by atoms with Gasteiger partial charge in [0.1, 0.15) is 10.9 Å². The fourth-order valence-electron chi connectivity index (χ4n) is 2.28. The minimum absolute atomic E-state index is 0.0957. The number of benzene rings is 1. The minimum Gasteiger partial charge on any atom is -0.504 e. The van der Waals surface area contributed by atoms with Crippen LogP contribution in [0.1, 0.15) is 23.4 Å². The van der Waals surface area contributed by atoms with E-state index in [1.165, 1.54) is 11.3 Å². The second-order valence-electron chi connectivity index (χ2n) is 4.92. The molecule has 0 amide bonds. The van der Waals surface area contributed by atoms with E-state index in [0.29, 0.717) is 30.9 Å². The number of thiazole rings is 1. The number of phenolic OH excluding ortho intramolecular Hbond substituents is 1. The van der Waals surface area contributed by atoms with Gasteiger partial charge in [-0.1, -0.05) is 11.8 Å². The molecule has 2 N–H and O–H groups in total. The van der Waals surface area contributed by atoms with Gasteiger partial charge in [-0.2, -0.15) is 0 Å². The highest BCUT2D eigenvalue weighted by atomic mass is 127. The Bertz CT molecular complexity index is 834. The van der Waals surface area contributed by atoms with E-state index in [2.05, 4.69) is 4.98 Å². The number of hydrogen-bond acceptors (Lipinski definition) is 7. The normalized spacial score (nSPS) is 19.2. The van der Waals surface area contributed by atoms with Crippen molar-refractivity contribution in [1.82, 2.24) is 4.98 Å². The Labute approximate surface area is 160 Å². The van der Waals surface area contributed by atoms with E-state index in [1.54, 1.807) is 29.8 Å². The molecule has 0 unspecified atom stereocenters. The van der Waals surface area contributed by atoms with Crippen LogP contribution in [0.3, 0.4) is 0 Å². The number of ether oxygens (including phenoxy) is 1. The Morgan fingerprint density at radius 3 is 2.96 bits per heavy atom. The number of Topliss-reactive ketones (excluding diaryl/α,β-unsaturated/α-hetero) is 1. The van der Waals surface area contributed by atoms with Crippen molar-refractivity contribution in [3.8, 4) is 11.5 Å². The van der Waals surface area contributed by atoms with Gasteiger partial charge in [0.05, 0.1) is 20.1 Å². The van der Waals surface area contributed by atoms with Crippen molar-refractivity contribution >= 4 is 62.6 Å². The number of nitrogens with zero attached hydrogens (tertiary/aromatic N) is 1. The highest BCUT2D eigenvalue weighted by molar-refractivity contribution is 14.1. The SMILES string of the molecule is CCOc1cc(/C=C2\SC(=N)[C@@H](c3nccs3)C2=O)cc(I)c1O. The zero-order valence-corrected chi connectivity index (χ0v) is 16.4. The Balaban J connectivity index is 1.95. The molecule has 1 atom stereocenters. The molecule has 2 heterocycles. The zero-order chi connectivity index (χ0) is 17.3. The lowest BCUT2D eigenvalue weighted by atomic mass is 10.0. The van der Waals surface area contributed by atoms with Gasteiger partial charge in [-0.05, 0) is 53.3 Å². The van der Waals surface area contributed by atoms with Gasteiger partial charge in [-0.25, -0.2) is 4.98 Å². The molecule has 0 radical (unpaired) electrons. The summed E-state index contributed by atoms with van der Waals surface area (Å²) < 4.78 is 6.07. The van der Waals surface area contributed by atoms with Gasteiger partial charge in [0.15, 0.2) is 17.3 Å². The molecule has 5 nitrogen and oxygen atoms in total. The van der Waals surface area contributed by atoms with Gasteiger partial charge >= 0.3 is 0 Å². The number of phenols is 1. The number of aromatic nitrogens is 1. The number of halogens is 1. The van der Waals surface area contributed by atoms with Gasteiger partial charge in [-0.3, -0.25) is 10.2 Å². The van der Waals surface area contributed by atoms with Crippen LogP contribution in [0, 0.1) is 8.98 Å². The molecule has 1 aromatic heterocycles. The van der Waals surface area contributed by atoms with Crippen molar-refractivity contribution < 1.29 is 14.6 Å². The number of aromatic hydroxyl groups is 1. The number of carbonyl (C=O) groups is 1. The largest absolute Gasteiger partial charge is 0.504 e. The first kappa shape index (κ1) is 17.4. The molecule has 1 fully saturated rings. The molecule has 0 bridgehead atoms. The Morgan fingerprint density at radius 2 is 2.29 bits per heavy atom. The number of carbonyl (C=O) groups excluding carboxylic acids is 1. The van der Waals surface area contributed by atoms with Crippen LogP contribution >= 0.6 is 45.7 Å². The molecule has 0 saturated carbocycles. The number of hydrogen-bond donors (Lipinski definition) is 2. The summed E-state index contributed by atoms with van der Waals surface area (Å²) in [5.41, 5.74) is 0.754. The molecule has 0 aliphatic carbocycles. The van der Waals surface area contributed by atoms with Crippen molar-refractivity contribution in [2.75, 3.05) is 6.61 Å². The van der Waals surface area contributed by atoms with Gasteiger partial charge < -0.3 is 9.84 Å². The summed E-state index contributed by atoms with van der Waals surface area (Å²) in [6.45, 7) is 2.28. The summed E-state index contributed by atoms with van der Waals surface area (Å²) in [6.07, 6.45) is 3.38. The molecule has 3 rings (SSSR count). The number of thioether (sulfide) groups is 1. The first-order valence-corrected chi connectivity index (χ1v) is 9.85. The molecule has 2 aromatic rings. The maximum atomic E-state index is 12.6. The molecule has 1 aliphatic rings. The van der Waals surface area contributed by atoms with Crippen LogP contribution in [-0.2, 0) is 4.79 Å². The van der Waals surface area contributed by atoms with Crippen molar-refractivity contribution in [3.05, 3.63) is 42.8 Å². The molecule has 1 saturated heterocycles. The average molecular weight is 472 g/mol. The second kappa shape index (κ2) is 7.24. The monoisotopic (exact) mass is 472 g/mol. The fraction of sp³-hybridized carbons (Fsp3) is 0.188. The summed E-state index contributed by atoms with van der Waals surface area (Å²) in [5, 5.41) is 20.8. The van der Waals surface area contributed by atoms with Crippen LogP contribution < -0.4 is 4.74 Å². The van der Waals surface area contributed by atoms with E-state index in [-0.39, 0.29) is 11.5 Å². The Hall–Kier alpha value is -1.39. The van der Waals surface area contributed by atoms with Crippen molar-refractivity contribution in [2.45, 2.75) is 12.8 Å². The highest BCUT2D eigenvalue weighted by Gasteiger charge is 2.38. The maximum Gasteiger partial charge on any atom is 0.186 e. The lowest BCUT2D eigenvalue weighted by Gasteiger charge is -2.09. The predicted octanol–water partition coefficient (Wildman–Crippen LogP) is 4.27. The van der Waals surface area contributed by atoms with Crippen LogP contribution in [0.15, 0.2) is 28.6 Å². The predicted molar refractivity (Wildman–Crippen MR) is 105 cm³/mol. The molecule has 1 aliphatic heterocycles. The first-order valence-electron chi connectivity index (χ1n) is 7.08. The summed E-state index contributed by atoms with van der Waals surface area (Å²) in [7, 11) is 0. The van der Waals surface area contributed by atoms with E-state index < -0.39 is 5.92 Å².